The second-order valence-electron chi connectivity index (χ2n) is 5.18. The SMILES string of the molecule is CC(C)(C)OC(=O)NCC1(C(=O)OCI)CC1. The van der Waals surface area contributed by atoms with Crippen molar-refractivity contribution in [2.75, 3.05) is 11.2 Å². The number of carbonyl (C=O) groups excluding carboxylic acids is 2. The number of hydrogen-bond donors (Lipinski definition) is 1. The molecule has 17 heavy (non-hydrogen) atoms. The Hall–Kier alpha value is -0.530. The van der Waals surface area contributed by atoms with Gasteiger partial charge in [-0.15, -0.1) is 0 Å². The van der Waals surface area contributed by atoms with Gasteiger partial charge in [0.1, 0.15) is 10.2 Å². The Bertz CT molecular complexity index is 307. The van der Waals surface area contributed by atoms with Gasteiger partial charge in [-0.3, -0.25) is 4.79 Å². The third-order valence-electron chi connectivity index (χ3n) is 2.44. The van der Waals surface area contributed by atoms with E-state index in [-0.39, 0.29) is 12.5 Å². The van der Waals surface area contributed by atoms with Gasteiger partial charge in [0.25, 0.3) is 0 Å². The van der Waals surface area contributed by atoms with Crippen LogP contribution in [0.1, 0.15) is 33.6 Å². The number of nitrogens with one attached hydrogen (secondary N) is 1. The molecule has 0 aromatic carbocycles. The van der Waals surface area contributed by atoms with Crippen LogP contribution in [0.3, 0.4) is 0 Å². The van der Waals surface area contributed by atoms with Crippen LogP contribution in [0.25, 0.3) is 0 Å². The number of alkyl halides is 1. The summed E-state index contributed by atoms with van der Waals surface area (Å²) in [5.74, 6) is -0.233. The van der Waals surface area contributed by atoms with Crippen molar-refractivity contribution >= 4 is 34.7 Å². The number of alkyl carbamates (subject to hydrolysis) is 1. The van der Waals surface area contributed by atoms with Crippen molar-refractivity contribution < 1.29 is 19.1 Å². The zero-order valence-electron chi connectivity index (χ0n) is 10.3. The zero-order valence-corrected chi connectivity index (χ0v) is 12.5. The summed E-state index contributed by atoms with van der Waals surface area (Å²) in [6.07, 6.45) is 1.03. The molecule has 0 saturated heterocycles. The van der Waals surface area contributed by atoms with Gasteiger partial charge < -0.3 is 14.8 Å². The largest absolute Gasteiger partial charge is 0.455 e. The Morgan fingerprint density at radius 2 is 1.94 bits per heavy atom. The molecule has 0 unspecified atom stereocenters. The molecule has 6 heteroatoms. The van der Waals surface area contributed by atoms with E-state index in [0.29, 0.717) is 4.61 Å². The molecule has 0 atom stereocenters. The third kappa shape index (κ3) is 4.69. The first kappa shape index (κ1) is 14.5. The van der Waals surface area contributed by atoms with Gasteiger partial charge in [0, 0.05) is 6.54 Å². The minimum absolute atomic E-state index is 0.233. The highest BCUT2D eigenvalue weighted by Crippen LogP contribution is 2.46. The van der Waals surface area contributed by atoms with Gasteiger partial charge in [0.05, 0.1) is 5.41 Å². The van der Waals surface area contributed by atoms with Crippen molar-refractivity contribution in [1.82, 2.24) is 5.32 Å². The fourth-order valence-electron chi connectivity index (χ4n) is 1.36. The smallest absolute Gasteiger partial charge is 0.407 e. The summed E-state index contributed by atoms with van der Waals surface area (Å²) >= 11 is 1.97. The van der Waals surface area contributed by atoms with Gasteiger partial charge in [0.2, 0.25) is 0 Å². The highest BCUT2D eigenvalue weighted by Gasteiger charge is 2.51. The Morgan fingerprint density at radius 3 is 2.35 bits per heavy atom. The van der Waals surface area contributed by atoms with Crippen LogP contribution in [0.5, 0.6) is 0 Å². The Labute approximate surface area is 115 Å². The summed E-state index contributed by atoms with van der Waals surface area (Å²) in [6, 6.07) is 0. The normalized spacial score (nSPS) is 17.2. The maximum absolute atomic E-state index is 11.6. The van der Waals surface area contributed by atoms with E-state index in [1.807, 2.05) is 22.6 Å². The van der Waals surface area contributed by atoms with E-state index in [1.165, 1.54) is 0 Å². The molecule has 1 aliphatic rings. The quantitative estimate of drug-likeness (QED) is 0.477. The van der Waals surface area contributed by atoms with E-state index in [9.17, 15) is 9.59 Å². The number of halogens is 1. The first-order valence-electron chi connectivity index (χ1n) is 5.49. The molecule has 1 saturated carbocycles. The number of amides is 1. The summed E-state index contributed by atoms with van der Waals surface area (Å²) in [5.41, 5.74) is -1.04. The molecule has 1 fully saturated rings. The topological polar surface area (TPSA) is 64.6 Å². The highest BCUT2D eigenvalue weighted by molar-refractivity contribution is 14.1. The molecule has 1 aliphatic carbocycles. The molecule has 5 nitrogen and oxygen atoms in total. The minimum atomic E-state index is -0.524. The fraction of sp³-hybridized carbons (Fsp3) is 0.818. The number of ether oxygens (including phenoxy) is 2. The molecule has 0 heterocycles. The van der Waals surface area contributed by atoms with E-state index in [4.69, 9.17) is 9.47 Å². The van der Waals surface area contributed by atoms with E-state index in [2.05, 4.69) is 5.32 Å². The van der Waals surface area contributed by atoms with Crippen LogP contribution in [-0.2, 0) is 14.3 Å². The predicted octanol–water partition coefficient (Wildman–Crippen LogP) is 2.23. The van der Waals surface area contributed by atoms with Gasteiger partial charge in [-0.05, 0) is 56.2 Å². The van der Waals surface area contributed by atoms with Crippen LogP contribution in [0, 0.1) is 5.41 Å². The van der Waals surface area contributed by atoms with E-state index >= 15 is 0 Å². The van der Waals surface area contributed by atoms with Crippen molar-refractivity contribution in [3.8, 4) is 0 Å². The number of hydrogen-bond acceptors (Lipinski definition) is 4. The molecule has 0 bridgehead atoms. The van der Waals surface area contributed by atoms with E-state index in [1.54, 1.807) is 20.8 Å². The number of rotatable bonds is 4. The summed E-state index contributed by atoms with van der Waals surface area (Å²) in [4.78, 5) is 23.0. The Morgan fingerprint density at radius 1 is 1.35 bits per heavy atom. The van der Waals surface area contributed by atoms with Gasteiger partial charge in [-0.2, -0.15) is 0 Å². The lowest BCUT2D eigenvalue weighted by Gasteiger charge is -2.21. The molecule has 0 aromatic rings. The maximum Gasteiger partial charge on any atom is 0.407 e. The number of esters is 1. The Balaban J connectivity index is 2.36. The van der Waals surface area contributed by atoms with Gasteiger partial charge in [-0.1, -0.05) is 0 Å². The number of carbonyl (C=O) groups is 2. The second-order valence-corrected chi connectivity index (χ2v) is 5.80. The van der Waals surface area contributed by atoms with Crippen LogP contribution in [0.15, 0.2) is 0 Å². The van der Waals surface area contributed by atoms with E-state index in [0.717, 1.165) is 12.8 Å². The summed E-state index contributed by atoms with van der Waals surface area (Å²) < 4.78 is 10.4. The molecule has 0 radical (unpaired) electrons. The lowest BCUT2D eigenvalue weighted by molar-refractivity contribution is -0.147. The fourth-order valence-corrected chi connectivity index (χ4v) is 1.64. The molecule has 1 rings (SSSR count). The monoisotopic (exact) mass is 355 g/mol. The zero-order chi connectivity index (χ0) is 13.1. The first-order chi connectivity index (χ1) is 7.79. The molecule has 1 amide bonds. The average molecular weight is 355 g/mol. The van der Waals surface area contributed by atoms with Crippen molar-refractivity contribution in [2.24, 2.45) is 5.41 Å². The van der Waals surface area contributed by atoms with Crippen LogP contribution in [0.4, 0.5) is 4.79 Å². The third-order valence-corrected chi connectivity index (χ3v) is 2.75. The average Bonchev–Trinajstić information content (AvgIpc) is 2.93. The molecule has 98 valence electrons. The lowest BCUT2D eigenvalue weighted by atomic mass is 10.1. The molecular formula is C11H18INO4. The summed E-state index contributed by atoms with van der Waals surface area (Å²) in [6.45, 7) is 5.68. The minimum Gasteiger partial charge on any atom is -0.455 e. The molecule has 0 spiro atoms. The van der Waals surface area contributed by atoms with Crippen molar-refractivity contribution in [1.29, 1.82) is 0 Å². The lowest BCUT2D eigenvalue weighted by Crippen LogP contribution is -2.38. The van der Waals surface area contributed by atoms with Crippen LogP contribution >= 0.6 is 22.6 Å². The molecule has 0 aromatic heterocycles. The standard InChI is InChI=1S/C11H18INO4/c1-10(2,3)17-9(15)13-6-11(4-5-11)8(14)16-7-12/h4-7H2,1-3H3,(H,13,15). The van der Waals surface area contributed by atoms with Gasteiger partial charge in [-0.25, -0.2) is 4.79 Å². The summed E-state index contributed by atoms with van der Waals surface area (Å²) in [5, 5.41) is 2.62. The molecular weight excluding hydrogens is 337 g/mol. The first-order valence-corrected chi connectivity index (χ1v) is 7.02. The second kappa shape index (κ2) is 5.41. The predicted molar refractivity (Wildman–Crippen MR) is 70.9 cm³/mol. The molecule has 0 aliphatic heterocycles. The molecule has 1 N–H and O–H groups in total. The van der Waals surface area contributed by atoms with Crippen LogP contribution < -0.4 is 5.32 Å². The van der Waals surface area contributed by atoms with Crippen LogP contribution in [-0.4, -0.2) is 28.8 Å². The van der Waals surface area contributed by atoms with Gasteiger partial charge >= 0.3 is 12.1 Å². The van der Waals surface area contributed by atoms with Gasteiger partial charge in [0.15, 0.2) is 0 Å². The van der Waals surface area contributed by atoms with Crippen molar-refractivity contribution in [3.63, 3.8) is 0 Å². The highest BCUT2D eigenvalue weighted by atomic mass is 127. The van der Waals surface area contributed by atoms with Crippen molar-refractivity contribution in [2.45, 2.75) is 39.2 Å². The van der Waals surface area contributed by atoms with E-state index < -0.39 is 17.1 Å². The van der Waals surface area contributed by atoms with Crippen molar-refractivity contribution in [3.05, 3.63) is 0 Å². The summed E-state index contributed by atoms with van der Waals surface area (Å²) in [7, 11) is 0. The maximum atomic E-state index is 11.6. The Kier molecular flexibility index (Phi) is 4.62. The van der Waals surface area contributed by atoms with Crippen LogP contribution in [0.2, 0.25) is 0 Å².